The second kappa shape index (κ2) is 44.5. The van der Waals surface area contributed by atoms with E-state index in [1.54, 1.807) is 27.0 Å². The Morgan fingerprint density at radius 2 is 0.854 bits per heavy atom. The van der Waals surface area contributed by atoms with Crippen LogP contribution in [-0.4, -0.2) is 379 Å². The highest BCUT2D eigenvalue weighted by Gasteiger charge is 2.46. The third kappa shape index (κ3) is 39.3. The molecule has 0 fully saturated rings. The van der Waals surface area contributed by atoms with Gasteiger partial charge in [-0.2, -0.15) is 22.4 Å². The number of esters is 3. The van der Waals surface area contributed by atoms with Crippen molar-refractivity contribution in [2.24, 2.45) is 0 Å². The van der Waals surface area contributed by atoms with Crippen LogP contribution < -0.4 is 5.73 Å². The van der Waals surface area contributed by atoms with Crippen molar-refractivity contribution in [1.29, 1.82) is 0 Å². The van der Waals surface area contributed by atoms with Crippen LogP contribution in [0, 0.1) is 20.2 Å². The highest BCUT2D eigenvalue weighted by atomic mass is 79.9. The van der Waals surface area contributed by atoms with Gasteiger partial charge in [-0.15, -0.1) is 0 Å². The number of nitro groups is 2. The van der Waals surface area contributed by atoms with E-state index in [0.717, 1.165) is 12.4 Å². The molecule has 3 heterocycles. The number of hydrogen-bond acceptors (Lipinski definition) is 14. The van der Waals surface area contributed by atoms with Crippen molar-refractivity contribution in [1.82, 2.24) is 29.8 Å². The maximum atomic E-state index is 11.4. The Hall–Kier alpha value is -2.15. The number of ether oxygens (including phenoxy) is 3. The summed E-state index contributed by atoms with van der Waals surface area (Å²) in [6.45, 7) is 16.2. The summed E-state index contributed by atoms with van der Waals surface area (Å²) >= 11 is 2.99. The lowest BCUT2D eigenvalue weighted by Crippen LogP contribution is -2.81. The van der Waals surface area contributed by atoms with Gasteiger partial charge in [-0.25, -0.2) is 0 Å². The first-order valence-electron chi connectivity index (χ1n) is 26.7. The largest absolute Gasteiger partial charge is 0.459 e. The minimum Gasteiger partial charge on any atom is -0.459 e. The summed E-state index contributed by atoms with van der Waals surface area (Å²) in [7, 11) is 125. The Bertz CT molecular complexity index is 2330. The van der Waals surface area contributed by atoms with E-state index in [-0.39, 0.29) is 67.8 Å². The fourth-order valence-corrected chi connectivity index (χ4v) is 8.23. The average molecular weight is 1190 g/mol. The van der Waals surface area contributed by atoms with Crippen molar-refractivity contribution in [3.63, 3.8) is 0 Å². The Kier molecular flexibility index (Phi) is 45.5. The number of halogens is 1. The lowest BCUT2D eigenvalue weighted by molar-refractivity contribution is -0.385. The molecule has 0 spiro atoms. The molecule has 0 atom stereocenters. The average Bonchev–Trinajstić information content (AvgIpc) is 4.02. The van der Waals surface area contributed by atoms with Crippen molar-refractivity contribution in [2.75, 3.05) is 11.1 Å². The molecule has 0 saturated carbocycles. The van der Waals surface area contributed by atoms with Gasteiger partial charge in [0.2, 0.25) is 0 Å². The van der Waals surface area contributed by atoms with Gasteiger partial charge in [0.15, 0.2) is 0 Å². The first-order chi connectivity index (χ1) is 40.5. The highest BCUT2D eigenvalue weighted by Crippen LogP contribution is 2.13. The number of rotatable bonds is 25. The molecular formula is C27H45B42BrN9O10-. The molecular weight excluding hydrogens is 1140 g/mol. The summed E-state index contributed by atoms with van der Waals surface area (Å²) in [5, 5.41) is 33.7. The van der Waals surface area contributed by atoms with Crippen molar-refractivity contribution in [3.8, 4) is 0 Å². The second-order valence-corrected chi connectivity index (χ2v) is 23.4. The maximum Gasteiger partial charge on any atom is 0.328 e. The van der Waals surface area contributed by atoms with Crippen LogP contribution in [0.15, 0.2) is 37.2 Å². The molecule has 0 aliphatic heterocycles. The summed E-state index contributed by atoms with van der Waals surface area (Å²) in [5.74, 6) is -1.02. The molecule has 0 saturated heterocycles. The SMILES string of the molecule is CC(C)(C)OC(=O)CBr.CC(C)(C)OC(=O)Cn1cc(N)cn1.CC(C)(C)OC(=O)Cn1cc([N+](=O)[O-])cn1.O=[N+]([O-])c1cn[nH]c1.[B]B([B])B([B][BH3-])B(B(B([B])[B])B([B])[B])B(B([B])[B])B([B])[B].[B][B]B(B([B])[B])B(B(B([B])[B])B([B])[B])B(B([B])[B])B([B])[B]. The maximum absolute atomic E-state index is 11.4. The zero-order valence-corrected chi connectivity index (χ0v) is 53.0. The molecule has 3 N–H and O–H groups in total. The zero-order chi connectivity index (χ0) is 70.4. The first kappa shape index (κ1) is 91.0. The van der Waals surface area contributed by atoms with E-state index in [9.17, 15) is 34.6 Å². The molecule has 44 radical (unpaired) electrons. The van der Waals surface area contributed by atoms with Crippen LogP contribution in [0.4, 0.5) is 17.1 Å². The van der Waals surface area contributed by atoms with Gasteiger partial charge >= 0.3 is 29.3 Å². The van der Waals surface area contributed by atoms with Crippen LogP contribution in [0.3, 0.4) is 0 Å². The Labute approximate surface area is 575 Å². The van der Waals surface area contributed by atoms with Gasteiger partial charge in [-0.1, -0.05) is 23.7 Å². The Morgan fingerprint density at radius 1 is 0.539 bits per heavy atom. The van der Waals surface area contributed by atoms with E-state index >= 15 is 0 Å². The molecule has 3 rings (SSSR count). The second-order valence-electron chi connectivity index (χ2n) is 22.8. The molecule has 0 aromatic carbocycles. The normalized spacial score (nSPS) is 10.1. The van der Waals surface area contributed by atoms with E-state index in [1.807, 2.05) is 41.5 Å². The number of aromatic nitrogens is 6. The van der Waals surface area contributed by atoms with E-state index in [2.05, 4.69) is 43.4 Å². The van der Waals surface area contributed by atoms with Gasteiger partial charge in [-0.3, -0.25) is 49.1 Å². The third-order valence-corrected chi connectivity index (χ3v) is 11.9. The number of nitrogen functional groups attached to an aromatic ring is 1. The number of nitrogens with zero attached hydrogens (tertiary/aromatic N) is 7. The van der Waals surface area contributed by atoms with Gasteiger partial charge in [-0.05, 0) is 197 Å². The molecule has 62 heteroatoms. The minimum absolute atomic E-state index is 0.00926. The summed E-state index contributed by atoms with van der Waals surface area (Å²) in [6.07, 6.45) is -4.55. The number of carbonyl (C=O) groups is 3. The van der Waals surface area contributed by atoms with Crippen molar-refractivity contribution in [2.45, 2.75) is 92.2 Å². The van der Waals surface area contributed by atoms with Crippen LogP contribution in [0.5, 0.6) is 0 Å². The van der Waals surface area contributed by atoms with Gasteiger partial charge < -0.3 is 19.9 Å². The van der Waals surface area contributed by atoms with E-state index in [1.165, 1.54) is 35.0 Å². The number of anilines is 1. The van der Waals surface area contributed by atoms with Crippen molar-refractivity contribution in [3.05, 3.63) is 57.4 Å². The minimum atomic E-state index is -0.879. The standard InChI is InChI=1S/C9H13N3O4.C9H15N3O2.C6H11BrO2.C3H3N3O2.B21H3.B21/c1-9(2,3)16-8(13)6-11-5-7(4-10-11)12(14)15;1-9(2,3)14-8(13)6-12-5-7(10)4-11-12;1-6(2,3)9-5(8)4-7;7-6(8)3-1-4-5-2-3;2*1-12-18(13(2)3)21(19(14(4)5)15(6)7)20(16(8)9)17(10)11/h4-5H,6H2,1-3H3;4-5H,6,10H2,1-3H3;4H2,1-3H3;1-2H,(H,4,5);1H3;/q;;;;-1;. The Balaban J connectivity index is -0.00000103. The third-order valence-electron chi connectivity index (χ3n) is 11.5. The quantitative estimate of drug-likeness (QED) is 0.0200. The number of H-pyrrole nitrogens is 1. The molecule has 3 aromatic rings. The van der Waals surface area contributed by atoms with Gasteiger partial charge in [0.05, 0.1) is 27.9 Å². The molecule has 3 aromatic heterocycles. The van der Waals surface area contributed by atoms with Crippen LogP contribution in [0.25, 0.3) is 0 Å². The highest BCUT2D eigenvalue weighted by molar-refractivity contribution is 9.09. The number of alkyl halides is 1. The molecule has 89 heavy (non-hydrogen) atoms. The number of nitrogens with two attached hydrogens (primary N) is 1. The monoisotopic (exact) mass is 1200 g/mol. The van der Waals surface area contributed by atoms with Crippen molar-refractivity contribution >= 4 is 350 Å². The summed E-state index contributed by atoms with van der Waals surface area (Å²) in [4.78, 5) is 52.3. The predicted molar refractivity (Wildman–Crippen MR) is 418 cm³/mol. The van der Waals surface area contributed by atoms with Crippen LogP contribution in [0.1, 0.15) is 62.3 Å². The molecule has 0 aliphatic rings. The summed E-state index contributed by atoms with van der Waals surface area (Å²) in [5.41, 5.74) is 4.43. The molecule has 0 aliphatic carbocycles. The van der Waals surface area contributed by atoms with Gasteiger partial charge in [0, 0.05) is 156 Å². The number of aromatic amines is 1. The van der Waals surface area contributed by atoms with Crippen molar-refractivity contribution < 1.29 is 38.4 Å². The van der Waals surface area contributed by atoms with Gasteiger partial charge in [0.25, 0.3) is 0 Å². The predicted octanol–water partition coefficient (Wildman–Crippen LogP) is -12.8. The molecule has 19 nitrogen and oxygen atoms in total. The first-order valence-corrected chi connectivity index (χ1v) is 27.8. The summed E-state index contributed by atoms with van der Waals surface area (Å²) in [6, 6.07) is 0. The van der Waals surface area contributed by atoms with E-state index < -0.39 is 129 Å². The Morgan fingerprint density at radius 3 is 1.06 bits per heavy atom. The number of carbonyl (C=O) groups excluding carboxylic acids is 3. The topological polar surface area (TPSA) is 256 Å². The summed E-state index contributed by atoms with van der Waals surface area (Å²) < 4.78 is 17.7. The van der Waals surface area contributed by atoms with E-state index in [0.29, 0.717) is 5.69 Å². The molecule has 0 bridgehead atoms. The van der Waals surface area contributed by atoms with Crippen LogP contribution in [-0.2, 0) is 41.7 Å². The number of nitrogens with one attached hydrogen (secondary N) is 1. The smallest absolute Gasteiger partial charge is 0.328 e. The lowest BCUT2D eigenvalue weighted by atomic mass is 8.38. The zero-order valence-electron chi connectivity index (χ0n) is 51.4. The van der Waals surface area contributed by atoms with Gasteiger partial charge in [0.1, 0.15) is 53.8 Å². The molecule has 392 valence electrons. The fraction of sp³-hybridized carbons (Fsp3) is 0.556. The molecule has 0 unspecified atom stereocenters. The number of hydrogen-bond donors (Lipinski definition) is 2. The fourth-order valence-electron chi connectivity index (χ4n) is 8.11. The lowest BCUT2D eigenvalue weighted by Gasteiger charge is -2.44. The molecule has 0 amide bonds. The van der Waals surface area contributed by atoms with Crippen LogP contribution in [0.2, 0.25) is 0 Å². The van der Waals surface area contributed by atoms with Crippen LogP contribution >= 0.6 is 15.9 Å². The van der Waals surface area contributed by atoms with E-state index in [4.69, 9.17) is 182 Å².